The van der Waals surface area contributed by atoms with Gasteiger partial charge in [-0.25, -0.2) is 14.8 Å². The first kappa shape index (κ1) is 32.5. The van der Waals surface area contributed by atoms with Crippen molar-refractivity contribution in [2.24, 2.45) is 15.9 Å². The second kappa shape index (κ2) is 17.9. The van der Waals surface area contributed by atoms with E-state index in [-0.39, 0.29) is 37.8 Å². The zero-order valence-corrected chi connectivity index (χ0v) is 23.0. The van der Waals surface area contributed by atoms with Gasteiger partial charge in [-0.05, 0) is 69.2 Å². The van der Waals surface area contributed by atoms with Crippen LogP contribution in [0.5, 0.6) is 0 Å². The summed E-state index contributed by atoms with van der Waals surface area (Å²) in [6, 6.07) is 17.2. The Morgan fingerprint density at radius 3 is 2.53 bits per heavy atom. The first-order valence-corrected chi connectivity index (χ1v) is 12.3. The van der Waals surface area contributed by atoms with Crippen LogP contribution in [0.2, 0.25) is 0 Å². The summed E-state index contributed by atoms with van der Waals surface area (Å²) in [5.74, 6) is -2.40. The highest BCUT2D eigenvalue weighted by Crippen LogP contribution is 2.22. The molecule has 1 aliphatic rings. The molecule has 0 saturated heterocycles. The molecule has 0 fully saturated rings. The van der Waals surface area contributed by atoms with Crippen LogP contribution in [0.25, 0.3) is 0 Å². The Morgan fingerprint density at radius 2 is 1.87 bits per heavy atom. The van der Waals surface area contributed by atoms with E-state index in [1.165, 1.54) is 0 Å². The van der Waals surface area contributed by atoms with Gasteiger partial charge in [0.25, 0.3) is 0 Å². The molecule has 1 aliphatic heterocycles. The maximum atomic E-state index is 12.3. The third-order valence-electron chi connectivity index (χ3n) is 5.54. The third-order valence-corrected chi connectivity index (χ3v) is 5.54. The Balaban J connectivity index is 0.000000514. The van der Waals surface area contributed by atoms with Crippen LogP contribution in [0.1, 0.15) is 46.8 Å². The van der Waals surface area contributed by atoms with E-state index in [9.17, 15) is 14.4 Å². The van der Waals surface area contributed by atoms with Gasteiger partial charge in [-0.15, -0.1) is 12.4 Å². The molecular weight excluding hydrogens is 508 g/mol. The predicted molar refractivity (Wildman–Crippen MR) is 149 cm³/mol. The lowest BCUT2D eigenvalue weighted by Crippen LogP contribution is -2.30. The van der Waals surface area contributed by atoms with Crippen molar-refractivity contribution in [1.29, 1.82) is 0 Å². The Kier molecular flexibility index (Phi) is 15.3. The van der Waals surface area contributed by atoms with E-state index < -0.39 is 17.9 Å². The Labute approximate surface area is 230 Å². The fourth-order valence-corrected chi connectivity index (χ4v) is 3.62. The van der Waals surface area contributed by atoms with E-state index in [2.05, 4.69) is 40.3 Å². The molecule has 0 aliphatic carbocycles. The number of benzene rings is 2. The molecule has 0 bridgehead atoms. The number of hydrogen-bond acceptors (Lipinski definition) is 7. The number of amides is 1. The number of carbonyl (C=O) groups is 3. The van der Waals surface area contributed by atoms with Crippen molar-refractivity contribution in [3.8, 4) is 0 Å². The molecule has 9 nitrogen and oxygen atoms in total. The van der Waals surface area contributed by atoms with Crippen molar-refractivity contribution in [3.63, 3.8) is 0 Å². The third kappa shape index (κ3) is 12.1. The van der Waals surface area contributed by atoms with Crippen LogP contribution in [-0.2, 0) is 33.9 Å². The molecule has 1 unspecified atom stereocenters. The number of carboxylic acids is 1. The van der Waals surface area contributed by atoms with Gasteiger partial charge in [0.1, 0.15) is 6.61 Å². The van der Waals surface area contributed by atoms with Crippen LogP contribution in [-0.4, -0.2) is 67.6 Å². The summed E-state index contributed by atoms with van der Waals surface area (Å²) < 4.78 is 5.33. The van der Waals surface area contributed by atoms with Crippen molar-refractivity contribution in [2.45, 2.75) is 39.3 Å². The number of fused-ring (bicyclic) bond motifs is 1. The zero-order valence-electron chi connectivity index (χ0n) is 22.2. The van der Waals surface area contributed by atoms with Crippen LogP contribution in [0.3, 0.4) is 0 Å². The highest BCUT2D eigenvalue weighted by molar-refractivity contribution is 5.90. The molecular formula is C28H37ClN4O5. The topological polar surface area (TPSA) is 121 Å². The molecule has 2 aromatic carbocycles. The second-order valence-corrected chi connectivity index (χ2v) is 8.87. The van der Waals surface area contributed by atoms with Crippen molar-refractivity contribution in [2.75, 3.05) is 33.7 Å². The molecule has 206 valence electrons. The number of nitrogens with zero attached hydrogens (tertiary/aromatic N) is 3. The summed E-state index contributed by atoms with van der Waals surface area (Å²) in [5, 5.41) is 11.7. The summed E-state index contributed by atoms with van der Waals surface area (Å²) in [6.45, 7) is 5.17. The fourth-order valence-electron chi connectivity index (χ4n) is 3.62. The molecule has 0 saturated carbocycles. The van der Waals surface area contributed by atoms with E-state index in [4.69, 9.17) is 9.84 Å². The summed E-state index contributed by atoms with van der Waals surface area (Å²) in [7, 11) is 4.12. The largest absolute Gasteiger partial charge is 0.481 e. The molecule has 1 heterocycles. The molecule has 10 heteroatoms. The quantitative estimate of drug-likeness (QED) is 0.266. The van der Waals surface area contributed by atoms with E-state index in [1.807, 2.05) is 37.3 Å². The minimum Gasteiger partial charge on any atom is -0.481 e. The van der Waals surface area contributed by atoms with Gasteiger partial charge in [0, 0.05) is 13.1 Å². The maximum Gasteiger partial charge on any atom is 0.338 e. The van der Waals surface area contributed by atoms with E-state index in [1.54, 1.807) is 18.2 Å². The monoisotopic (exact) mass is 544 g/mol. The normalized spacial score (nSPS) is 13.8. The molecule has 2 aromatic rings. The summed E-state index contributed by atoms with van der Waals surface area (Å²) in [6.07, 6.45) is 1.13. The van der Waals surface area contributed by atoms with Gasteiger partial charge in [0.15, 0.2) is 0 Å². The van der Waals surface area contributed by atoms with Gasteiger partial charge in [0.2, 0.25) is 5.91 Å². The SMILES string of the molecule is CCN=C=NCCCN(C)C.Cl.O=C(O)CC1Cc2cc(C(=O)OCc3ccccc3)ccc2CNC1=O. The van der Waals surface area contributed by atoms with E-state index >= 15 is 0 Å². The molecule has 0 radical (unpaired) electrons. The van der Waals surface area contributed by atoms with Crippen molar-refractivity contribution < 1.29 is 24.2 Å². The number of rotatable bonds is 10. The minimum atomic E-state index is -1.02. The lowest BCUT2D eigenvalue weighted by molar-refractivity contribution is -0.141. The highest BCUT2D eigenvalue weighted by atomic mass is 35.5. The van der Waals surface area contributed by atoms with Gasteiger partial charge >= 0.3 is 11.9 Å². The van der Waals surface area contributed by atoms with Crippen molar-refractivity contribution in [1.82, 2.24) is 10.2 Å². The summed E-state index contributed by atoms with van der Waals surface area (Å²) in [4.78, 5) is 45.3. The molecule has 3 rings (SSSR count). The number of nitrogens with one attached hydrogen (secondary N) is 1. The predicted octanol–water partition coefficient (Wildman–Crippen LogP) is 3.86. The summed E-state index contributed by atoms with van der Waals surface area (Å²) in [5.41, 5.74) is 2.96. The lowest BCUT2D eigenvalue weighted by atomic mass is 9.93. The number of esters is 1. The van der Waals surface area contributed by atoms with Gasteiger partial charge in [-0.3, -0.25) is 9.59 Å². The lowest BCUT2D eigenvalue weighted by Gasteiger charge is -2.11. The molecule has 0 aromatic heterocycles. The number of hydrogen-bond donors (Lipinski definition) is 2. The molecule has 1 atom stereocenters. The number of aliphatic imine (C=N–C) groups is 2. The van der Waals surface area contributed by atoms with Crippen LogP contribution in [0.15, 0.2) is 58.5 Å². The fraction of sp³-hybridized carbons (Fsp3) is 0.429. The van der Waals surface area contributed by atoms with E-state index in [0.29, 0.717) is 12.1 Å². The number of ether oxygens (including phenoxy) is 1. The molecule has 38 heavy (non-hydrogen) atoms. The van der Waals surface area contributed by atoms with Crippen molar-refractivity contribution >= 4 is 36.3 Å². The van der Waals surface area contributed by atoms with Crippen LogP contribution < -0.4 is 5.32 Å². The van der Waals surface area contributed by atoms with Crippen LogP contribution in [0, 0.1) is 5.92 Å². The van der Waals surface area contributed by atoms with E-state index in [0.717, 1.165) is 42.7 Å². The number of halogens is 1. The average Bonchev–Trinajstić information content (AvgIpc) is 3.03. The average molecular weight is 545 g/mol. The van der Waals surface area contributed by atoms with Crippen LogP contribution >= 0.6 is 12.4 Å². The first-order chi connectivity index (χ1) is 17.8. The Morgan fingerprint density at radius 1 is 1.13 bits per heavy atom. The molecule has 0 spiro atoms. The van der Waals surface area contributed by atoms with Gasteiger partial charge in [-0.1, -0.05) is 36.4 Å². The number of carbonyl (C=O) groups excluding carboxylic acids is 2. The zero-order chi connectivity index (χ0) is 27.0. The summed E-state index contributed by atoms with van der Waals surface area (Å²) >= 11 is 0. The first-order valence-electron chi connectivity index (χ1n) is 12.3. The maximum absolute atomic E-state index is 12.3. The Hall–Kier alpha value is -3.52. The second-order valence-electron chi connectivity index (χ2n) is 8.87. The smallest absolute Gasteiger partial charge is 0.338 e. The number of aliphatic carboxylic acids is 1. The van der Waals surface area contributed by atoms with Crippen LogP contribution in [0.4, 0.5) is 0 Å². The minimum absolute atomic E-state index is 0. The standard InChI is InChI=1S/C20H19NO5.C8H17N3.ClH/c22-18(23)10-17-9-16-8-14(6-7-15(16)11-21-19(17)24)20(25)26-12-13-4-2-1-3-5-13;1-4-9-8-10-6-5-7-11(2)3;/h1-8,17H,9-12H2,(H,21,24)(H,22,23);4-7H2,1-3H3;1H. The van der Waals surface area contributed by atoms with Crippen molar-refractivity contribution in [3.05, 3.63) is 70.8 Å². The Bertz CT molecular complexity index is 1100. The molecule has 1 amide bonds. The van der Waals surface area contributed by atoms with Gasteiger partial charge in [-0.2, -0.15) is 0 Å². The van der Waals surface area contributed by atoms with Gasteiger partial charge in [0.05, 0.1) is 30.5 Å². The number of carboxylic acid groups (broad SMARTS) is 1. The van der Waals surface area contributed by atoms with Gasteiger partial charge < -0.3 is 20.1 Å². The molecule has 2 N–H and O–H groups in total. The highest BCUT2D eigenvalue weighted by Gasteiger charge is 2.26.